The highest BCUT2D eigenvalue weighted by Crippen LogP contribution is 2.33. The topological polar surface area (TPSA) is 81.3 Å². The molecular formula is C12H13ClN4O2S. The van der Waals surface area contributed by atoms with Gasteiger partial charge in [0.2, 0.25) is 11.2 Å². The number of nitrogens with zero attached hydrogens (tertiary/aromatic N) is 3. The fourth-order valence-corrected chi connectivity index (χ4v) is 3.48. The Morgan fingerprint density at radius 2 is 2.20 bits per heavy atom. The third-order valence-corrected chi connectivity index (χ3v) is 4.33. The van der Waals surface area contributed by atoms with Gasteiger partial charge < -0.3 is 15.4 Å². The van der Waals surface area contributed by atoms with Gasteiger partial charge >= 0.3 is 0 Å². The molecule has 0 atom stereocenters. The zero-order valence-corrected chi connectivity index (χ0v) is 12.2. The van der Waals surface area contributed by atoms with Crippen LogP contribution in [0.15, 0.2) is 6.07 Å². The van der Waals surface area contributed by atoms with E-state index in [9.17, 15) is 4.79 Å². The number of nitrogens with two attached hydrogens (primary N) is 1. The molecule has 2 aromatic heterocycles. The molecule has 106 valence electrons. The van der Waals surface area contributed by atoms with Crippen molar-refractivity contribution >= 4 is 44.9 Å². The highest BCUT2D eigenvalue weighted by molar-refractivity contribution is 7.19. The van der Waals surface area contributed by atoms with Gasteiger partial charge in [0.1, 0.15) is 0 Å². The van der Waals surface area contributed by atoms with Gasteiger partial charge in [-0.25, -0.2) is 4.98 Å². The minimum absolute atomic E-state index is 0.210. The molecule has 0 saturated carbocycles. The Kier molecular flexibility index (Phi) is 3.73. The second-order valence-electron chi connectivity index (χ2n) is 4.49. The lowest BCUT2D eigenvalue weighted by Crippen LogP contribution is -2.36. The number of carbonyl (C=O) groups excluding carboxylic acids is 1. The number of anilines is 1. The van der Waals surface area contributed by atoms with Crippen molar-refractivity contribution in [1.29, 1.82) is 0 Å². The molecule has 0 bridgehead atoms. The first-order valence-electron chi connectivity index (χ1n) is 6.20. The molecule has 1 aliphatic rings. The maximum atomic E-state index is 11.0. The van der Waals surface area contributed by atoms with Crippen molar-refractivity contribution in [2.75, 3.05) is 31.2 Å². The number of ether oxygens (including phenoxy) is 1. The summed E-state index contributed by atoms with van der Waals surface area (Å²) in [5, 5.41) is 0.211. The molecule has 0 spiro atoms. The Morgan fingerprint density at radius 3 is 2.90 bits per heavy atom. The maximum absolute atomic E-state index is 11.0. The summed E-state index contributed by atoms with van der Waals surface area (Å²) in [6.45, 7) is 2.88. The van der Waals surface area contributed by atoms with Gasteiger partial charge in [-0.2, -0.15) is 4.98 Å². The van der Waals surface area contributed by atoms with E-state index in [1.165, 1.54) is 11.3 Å². The summed E-state index contributed by atoms with van der Waals surface area (Å²) in [4.78, 5) is 22.6. The fraction of sp³-hybridized carbons (Fsp3) is 0.417. The molecule has 20 heavy (non-hydrogen) atoms. The lowest BCUT2D eigenvalue weighted by Gasteiger charge is -2.28. The van der Waals surface area contributed by atoms with E-state index in [0.717, 1.165) is 34.0 Å². The minimum atomic E-state index is -0.358. The van der Waals surface area contributed by atoms with E-state index in [1.807, 2.05) is 6.07 Å². The first-order valence-corrected chi connectivity index (χ1v) is 7.40. The van der Waals surface area contributed by atoms with Crippen LogP contribution in [0.5, 0.6) is 0 Å². The van der Waals surface area contributed by atoms with E-state index >= 15 is 0 Å². The van der Waals surface area contributed by atoms with Crippen molar-refractivity contribution < 1.29 is 9.53 Å². The number of halogens is 1. The Labute approximate surface area is 124 Å². The number of morpholine rings is 1. The van der Waals surface area contributed by atoms with Crippen molar-refractivity contribution in [3.05, 3.63) is 16.2 Å². The van der Waals surface area contributed by atoms with Crippen LogP contribution in [0.3, 0.4) is 0 Å². The molecule has 8 heteroatoms. The fourth-order valence-electron chi connectivity index (χ4n) is 2.18. The summed E-state index contributed by atoms with van der Waals surface area (Å²) in [7, 11) is 0. The standard InChI is InChI=1S/C12H13ClN4O2S/c13-12-15-8-5-7(6-9(14)18)20-10(8)11(16-12)17-1-3-19-4-2-17/h5H,1-4,6H2,(H2,14,18). The highest BCUT2D eigenvalue weighted by atomic mass is 35.5. The van der Waals surface area contributed by atoms with Crippen molar-refractivity contribution in [2.45, 2.75) is 6.42 Å². The SMILES string of the molecule is NC(=O)Cc1cc2nc(Cl)nc(N3CCOCC3)c2s1. The van der Waals surface area contributed by atoms with Crippen LogP contribution >= 0.6 is 22.9 Å². The van der Waals surface area contributed by atoms with E-state index in [-0.39, 0.29) is 17.6 Å². The number of rotatable bonds is 3. The zero-order chi connectivity index (χ0) is 14.1. The number of hydrogen-bond acceptors (Lipinski definition) is 6. The van der Waals surface area contributed by atoms with Crippen molar-refractivity contribution in [1.82, 2.24) is 9.97 Å². The Balaban J connectivity index is 2.05. The first-order chi connectivity index (χ1) is 9.63. The van der Waals surface area contributed by atoms with Gasteiger partial charge in [0.25, 0.3) is 0 Å². The van der Waals surface area contributed by atoms with Gasteiger partial charge in [-0.15, -0.1) is 11.3 Å². The molecule has 1 amide bonds. The summed E-state index contributed by atoms with van der Waals surface area (Å²) in [6.07, 6.45) is 0.210. The number of thiophene rings is 1. The molecule has 2 aromatic rings. The Bertz CT molecular complexity index is 654. The normalized spacial score (nSPS) is 15.8. The molecule has 6 nitrogen and oxygen atoms in total. The zero-order valence-electron chi connectivity index (χ0n) is 10.6. The summed E-state index contributed by atoms with van der Waals surface area (Å²) >= 11 is 7.48. The average molecular weight is 313 g/mol. The van der Waals surface area contributed by atoms with Gasteiger partial charge in [-0.05, 0) is 17.7 Å². The molecule has 3 rings (SSSR count). The highest BCUT2D eigenvalue weighted by Gasteiger charge is 2.19. The number of fused-ring (bicyclic) bond motifs is 1. The van der Waals surface area contributed by atoms with Gasteiger partial charge in [0, 0.05) is 18.0 Å². The summed E-state index contributed by atoms with van der Waals surface area (Å²) < 4.78 is 6.28. The molecule has 1 fully saturated rings. The summed E-state index contributed by atoms with van der Waals surface area (Å²) in [5.74, 6) is 0.451. The molecule has 0 radical (unpaired) electrons. The molecule has 0 unspecified atom stereocenters. The van der Waals surface area contributed by atoms with Crippen LogP contribution < -0.4 is 10.6 Å². The van der Waals surface area contributed by atoms with Crippen LogP contribution in [-0.2, 0) is 16.0 Å². The summed E-state index contributed by atoms with van der Waals surface area (Å²) in [5.41, 5.74) is 5.99. The van der Waals surface area contributed by atoms with Gasteiger partial charge in [-0.1, -0.05) is 0 Å². The Morgan fingerprint density at radius 1 is 1.45 bits per heavy atom. The van der Waals surface area contributed by atoms with Crippen LogP contribution in [0.1, 0.15) is 4.88 Å². The lowest BCUT2D eigenvalue weighted by atomic mass is 10.3. The number of carbonyl (C=O) groups is 1. The largest absolute Gasteiger partial charge is 0.378 e. The molecular weight excluding hydrogens is 300 g/mol. The summed E-state index contributed by atoms with van der Waals surface area (Å²) in [6, 6.07) is 1.85. The van der Waals surface area contributed by atoms with Crippen LogP contribution in [-0.4, -0.2) is 42.2 Å². The van der Waals surface area contributed by atoms with Crippen LogP contribution in [0.2, 0.25) is 5.28 Å². The van der Waals surface area contributed by atoms with E-state index in [1.54, 1.807) is 0 Å². The second kappa shape index (κ2) is 5.51. The van der Waals surface area contributed by atoms with E-state index < -0.39 is 0 Å². The van der Waals surface area contributed by atoms with Crippen LogP contribution in [0.25, 0.3) is 10.2 Å². The molecule has 3 heterocycles. The lowest BCUT2D eigenvalue weighted by molar-refractivity contribution is -0.117. The van der Waals surface area contributed by atoms with E-state index in [4.69, 9.17) is 22.1 Å². The predicted octanol–water partition coefficient (Wildman–Crippen LogP) is 1.21. The molecule has 0 aliphatic carbocycles. The average Bonchev–Trinajstić information content (AvgIpc) is 2.79. The number of amides is 1. The second-order valence-corrected chi connectivity index (χ2v) is 5.96. The van der Waals surface area contributed by atoms with Gasteiger partial charge in [0.15, 0.2) is 5.82 Å². The molecule has 1 aliphatic heterocycles. The molecule has 1 saturated heterocycles. The van der Waals surface area contributed by atoms with Crippen molar-refractivity contribution in [3.63, 3.8) is 0 Å². The maximum Gasteiger partial charge on any atom is 0.224 e. The first kappa shape index (κ1) is 13.5. The molecule has 0 aromatic carbocycles. The third kappa shape index (κ3) is 2.70. The van der Waals surface area contributed by atoms with E-state index in [2.05, 4.69) is 14.9 Å². The quantitative estimate of drug-likeness (QED) is 0.862. The van der Waals surface area contributed by atoms with Crippen LogP contribution in [0.4, 0.5) is 5.82 Å². The van der Waals surface area contributed by atoms with Crippen LogP contribution in [0, 0.1) is 0 Å². The Hall–Kier alpha value is -1.44. The third-order valence-electron chi connectivity index (χ3n) is 3.04. The van der Waals surface area contributed by atoms with Crippen molar-refractivity contribution in [2.24, 2.45) is 5.73 Å². The minimum Gasteiger partial charge on any atom is -0.378 e. The van der Waals surface area contributed by atoms with Gasteiger partial charge in [-0.3, -0.25) is 4.79 Å². The van der Waals surface area contributed by atoms with Gasteiger partial charge in [0.05, 0.1) is 29.9 Å². The van der Waals surface area contributed by atoms with E-state index in [0.29, 0.717) is 13.2 Å². The predicted molar refractivity (Wildman–Crippen MR) is 78.4 cm³/mol. The smallest absolute Gasteiger partial charge is 0.224 e. The van der Waals surface area contributed by atoms with Crippen molar-refractivity contribution in [3.8, 4) is 0 Å². The number of hydrogen-bond donors (Lipinski definition) is 1. The monoisotopic (exact) mass is 312 g/mol. The molecule has 2 N–H and O–H groups in total. The number of aromatic nitrogens is 2. The number of primary amides is 1.